The van der Waals surface area contributed by atoms with Crippen LogP contribution in [0.4, 0.5) is 0 Å². The van der Waals surface area contributed by atoms with Crippen molar-refractivity contribution in [2.45, 2.75) is 18.5 Å². The Hall–Kier alpha value is -0.0800. The van der Waals surface area contributed by atoms with E-state index < -0.39 is 0 Å². The number of likely N-dealkylation sites (N-methyl/N-ethyl adjacent to an activating group) is 1. The molecular weight excluding hydrogens is 100 g/mol. The summed E-state index contributed by atoms with van der Waals surface area (Å²) in [6, 6.07) is 1.50. The second-order valence-electron chi connectivity index (χ2n) is 2.85. The van der Waals surface area contributed by atoms with Gasteiger partial charge in [-0.3, -0.25) is 0 Å². The van der Waals surface area contributed by atoms with Crippen LogP contribution in [0.15, 0.2) is 0 Å². The number of hydrogen-bond acceptors (Lipinski definition) is 1. The lowest BCUT2D eigenvalue weighted by atomic mass is 10.2. The summed E-state index contributed by atoms with van der Waals surface area (Å²) in [5, 5.41) is 4.41. The van der Waals surface area contributed by atoms with E-state index >= 15 is 0 Å². The van der Waals surface area contributed by atoms with Gasteiger partial charge in [0.2, 0.25) is 0 Å². The van der Waals surface area contributed by atoms with Crippen molar-refractivity contribution in [2.75, 3.05) is 20.1 Å². The van der Waals surface area contributed by atoms with Gasteiger partial charge in [-0.2, -0.15) is 0 Å². The van der Waals surface area contributed by atoms with Gasteiger partial charge in [-0.05, 0) is 13.5 Å². The SMILES string of the molecule is CN1CC2CC1C[N]2. The molecule has 45 valence electrons. The van der Waals surface area contributed by atoms with Gasteiger partial charge in [-0.25, -0.2) is 5.32 Å². The van der Waals surface area contributed by atoms with Crippen LogP contribution in [0.1, 0.15) is 6.42 Å². The minimum Gasteiger partial charge on any atom is -0.300 e. The third kappa shape index (κ3) is 0.501. The van der Waals surface area contributed by atoms with Crippen LogP contribution in [0, 0.1) is 0 Å². The van der Waals surface area contributed by atoms with Crippen LogP contribution >= 0.6 is 0 Å². The Balaban J connectivity index is 2.11. The first kappa shape index (κ1) is 4.77. The van der Waals surface area contributed by atoms with Crippen molar-refractivity contribution in [3.63, 3.8) is 0 Å². The fourth-order valence-corrected chi connectivity index (χ4v) is 1.67. The molecule has 2 heterocycles. The molecule has 2 rings (SSSR count). The summed E-state index contributed by atoms with van der Waals surface area (Å²) >= 11 is 0. The molecule has 2 atom stereocenters. The van der Waals surface area contributed by atoms with E-state index in [1.165, 1.54) is 13.0 Å². The molecule has 2 heteroatoms. The second-order valence-corrected chi connectivity index (χ2v) is 2.85. The smallest absolute Gasteiger partial charge is 0.0389 e. The fourth-order valence-electron chi connectivity index (χ4n) is 1.67. The Bertz CT molecular complexity index is 101. The zero-order valence-electron chi connectivity index (χ0n) is 5.17. The normalized spacial score (nSPS) is 46.1. The maximum absolute atomic E-state index is 4.41. The monoisotopic (exact) mass is 111 g/mol. The Kier molecular flexibility index (Phi) is 0.866. The van der Waals surface area contributed by atoms with Crippen molar-refractivity contribution in [1.29, 1.82) is 0 Å². The molecule has 2 bridgehead atoms. The summed E-state index contributed by atoms with van der Waals surface area (Å²) in [6.07, 6.45) is 1.33. The zero-order valence-corrected chi connectivity index (χ0v) is 5.17. The standard InChI is InChI=1S/C6H11N2/c1-8-4-5-2-6(8)3-7-5/h5-6H,2-4H2,1H3. The molecule has 0 saturated carbocycles. The fraction of sp³-hybridized carbons (Fsp3) is 1.00. The van der Waals surface area contributed by atoms with Gasteiger partial charge in [0.05, 0.1) is 0 Å². The highest BCUT2D eigenvalue weighted by molar-refractivity contribution is 4.95. The molecule has 0 aromatic heterocycles. The van der Waals surface area contributed by atoms with Crippen molar-refractivity contribution in [2.24, 2.45) is 0 Å². The quantitative estimate of drug-likeness (QED) is 0.418. The van der Waals surface area contributed by atoms with E-state index in [1.807, 2.05) is 0 Å². The minimum atomic E-state index is 0.699. The van der Waals surface area contributed by atoms with E-state index in [-0.39, 0.29) is 0 Å². The Labute approximate surface area is 49.9 Å². The zero-order chi connectivity index (χ0) is 5.56. The number of rotatable bonds is 0. The molecule has 8 heavy (non-hydrogen) atoms. The Morgan fingerprint density at radius 2 is 2.50 bits per heavy atom. The maximum atomic E-state index is 4.41. The van der Waals surface area contributed by atoms with E-state index in [2.05, 4.69) is 17.3 Å². The molecule has 2 fully saturated rings. The first-order valence-electron chi connectivity index (χ1n) is 3.23. The molecule has 2 saturated heterocycles. The topological polar surface area (TPSA) is 17.3 Å². The van der Waals surface area contributed by atoms with Crippen molar-refractivity contribution < 1.29 is 0 Å². The summed E-state index contributed by atoms with van der Waals surface area (Å²) < 4.78 is 0. The highest BCUT2D eigenvalue weighted by Crippen LogP contribution is 2.21. The molecule has 2 unspecified atom stereocenters. The summed E-state index contributed by atoms with van der Waals surface area (Å²) in [6.45, 7) is 2.31. The highest BCUT2D eigenvalue weighted by atomic mass is 15.3. The van der Waals surface area contributed by atoms with E-state index in [4.69, 9.17) is 0 Å². The Morgan fingerprint density at radius 1 is 1.62 bits per heavy atom. The van der Waals surface area contributed by atoms with Gasteiger partial charge < -0.3 is 4.90 Å². The molecule has 2 aliphatic rings. The number of fused-ring (bicyclic) bond motifs is 2. The molecule has 0 spiro atoms. The summed E-state index contributed by atoms with van der Waals surface area (Å²) in [5.74, 6) is 0. The van der Waals surface area contributed by atoms with Crippen molar-refractivity contribution >= 4 is 0 Å². The predicted octanol–water partition coefficient (Wildman–Crippen LogP) is -0.323. The van der Waals surface area contributed by atoms with E-state index in [1.54, 1.807) is 0 Å². The largest absolute Gasteiger partial charge is 0.300 e. The molecular formula is C6H11N2. The third-order valence-corrected chi connectivity index (χ3v) is 2.24. The van der Waals surface area contributed by atoms with Crippen molar-refractivity contribution in [3.8, 4) is 0 Å². The number of nitrogens with zero attached hydrogens (tertiary/aromatic N) is 2. The van der Waals surface area contributed by atoms with Gasteiger partial charge in [-0.15, -0.1) is 0 Å². The first-order chi connectivity index (χ1) is 3.86. The van der Waals surface area contributed by atoms with Gasteiger partial charge in [0.15, 0.2) is 0 Å². The van der Waals surface area contributed by atoms with Gasteiger partial charge >= 0.3 is 0 Å². The summed E-state index contributed by atoms with van der Waals surface area (Å²) in [5.41, 5.74) is 0. The molecule has 2 nitrogen and oxygen atoms in total. The highest BCUT2D eigenvalue weighted by Gasteiger charge is 2.35. The van der Waals surface area contributed by atoms with E-state index in [0.29, 0.717) is 6.04 Å². The lowest BCUT2D eigenvalue weighted by molar-refractivity contribution is 0.273. The lowest BCUT2D eigenvalue weighted by Gasteiger charge is -2.20. The van der Waals surface area contributed by atoms with Crippen LogP contribution in [0.25, 0.3) is 0 Å². The molecule has 0 amide bonds. The molecule has 0 aromatic carbocycles. The average molecular weight is 111 g/mol. The molecule has 1 radical (unpaired) electrons. The van der Waals surface area contributed by atoms with Crippen LogP contribution in [0.2, 0.25) is 0 Å². The van der Waals surface area contributed by atoms with Crippen LogP contribution in [-0.4, -0.2) is 37.1 Å². The third-order valence-electron chi connectivity index (χ3n) is 2.24. The number of likely N-dealkylation sites (tertiary alicyclic amines) is 1. The predicted molar refractivity (Wildman–Crippen MR) is 31.8 cm³/mol. The van der Waals surface area contributed by atoms with Crippen LogP contribution < -0.4 is 5.32 Å². The van der Waals surface area contributed by atoms with E-state index in [9.17, 15) is 0 Å². The van der Waals surface area contributed by atoms with Gasteiger partial charge in [0.1, 0.15) is 0 Å². The van der Waals surface area contributed by atoms with Crippen LogP contribution in [0.5, 0.6) is 0 Å². The summed E-state index contributed by atoms with van der Waals surface area (Å²) in [4.78, 5) is 2.41. The minimum absolute atomic E-state index is 0.699. The maximum Gasteiger partial charge on any atom is 0.0389 e. The van der Waals surface area contributed by atoms with Crippen molar-refractivity contribution in [3.05, 3.63) is 0 Å². The Morgan fingerprint density at radius 3 is 2.75 bits per heavy atom. The van der Waals surface area contributed by atoms with Gasteiger partial charge in [0.25, 0.3) is 0 Å². The molecule has 0 N–H and O–H groups in total. The lowest BCUT2D eigenvalue weighted by Crippen LogP contribution is -2.37. The molecule has 0 aromatic rings. The number of hydrogen-bond donors (Lipinski definition) is 0. The summed E-state index contributed by atoms with van der Waals surface area (Å²) in [7, 11) is 2.19. The van der Waals surface area contributed by atoms with Crippen LogP contribution in [-0.2, 0) is 0 Å². The van der Waals surface area contributed by atoms with Gasteiger partial charge in [-0.1, -0.05) is 0 Å². The van der Waals surface area contributed by atoms with Crippen molar-refractivity contribution in [1.82, 2.24) is 10.2 Å². The first-order valence-corrected chi connectivity index (χ1v) is 3.23. The second kappa shape index (κ2) is 1.45. The van der Waals surface area contributed by atoms with E-state index in [0.717, 1.165) is 12.6 Å². The van der Waals surface area contributed by atoms with Gasteiger partial charge in [0, 0.05) is 25.2 Å². The average Bonchev–Trinajstić information content (AvgIpc) is 2.23. The molecule has 2 aliphatic heterocycles. The van der Waals surface area contributed by atoms with Crippen LogP contribution in [0.3, 0.4) is 0 Å². The number of piperazine rings is 1. The molecule has 0 aliphatic carbocycles.